The number of nitrogens with zero attached hydrogens (tertiary/aromatic N) is 5. The molecule has 2 fully saturated rings. The van der Waals surface area contributed by atoms with Crippen molar-refractivity contribution in [3.63, 3.8) is 0 Å². The SMILES string of the molecule is O=C(C1CN(c2c3c(nc4ccnn24)CCNCC3)C1)N1CCC(C2=CCCC(F)=C2)CC1. The van der Waals surface area contributed by atoms with Gasteiger partial charge < -0.3 is 15.1 Å². The Bertz CT molecular complexity index is 1120. The van der Waals surface area contributed by atoms with E-state index in [0.717, 1.165) is 94.1 Å². The number of hydrogen-bond donors (Lipinski definition) is 1. The highest BCUT2D eigenvalue weighted by Crippen LogP contribution is 2.34. The van der Waals surface area contributed by atoms with Crippen LogP contribution >= 0.6 is 0 Å². The van der Waals surface area contributed by atoms with Crippen LogP contribution in [0, 0.1) is 11.8 Å². The summed E-state index contributed by atoms with van der Waals surface area (Å²) in [5.74, 6) is 1.79. The zero-order valence-electron chi connectivity index (χ0n) is 19.0. The predicted octanol–water partition coefficient (Wildman–Crippen LogP) is 2.67. The molecule has 1 amide bonds. The molecule has 0 aromatic carbocycles. The van der Waals surface area contributed by atoms with Gasteiger partial charge in [0, 0.05) is 57.2 Å². The maximum absolute atomic E-state index is 13.7. The van der Waals surface area contributed by atoms with Crippen molar-refractivity contribution >= 4 is 17.4 Å². The fourth-order valence-corrected chi connectivity index (χ4v) is 5.81. The molecular weight excluding hydrogens is 419 g/mol. The molecule has 6 rings (SSSR count). The van der Waals surface area contributed by atoms with E-state index in [4.69, 9.17) is 4.98 Å². The Hall–Kier alpha value is -2.74. The fraction of sp³-hybridized carbons (Fsp3) is 0.560. The smallest absolute Gasteiger partial charge is 0.229 e. The molecule has 2 aromatic rings. The molecule has 8 heteroatoms. The zero-order valence-corrected chi connectivity index (χ0v) is 19.0. The third-order valence-corrected chi connectivity index (χ3v) is 7.68. The van der Waals surface area contributed by atoms with E-state index >= 15 is 0 Å². The second-order valence-electron chi connectivity index (χ2n) is 9.75. The van der Waals surface area contributed by atoms with E-state index in [9.17, 15) is 9.18 Å². The number of aromatic nitrogens is 3. The van der Waals surface area contributed by atoms with Crippen LogP contribution in [0.15, 0.2) is 35.8 Å². The molecule has 33 heavy (non-hydrogen) atoms. The van der Waals surface area contributed by atoms with Gasteiger partial charge in [-0.2, -0.15) is 9.61 Å². The maximum Gasteiger partial charge on any atom is 0.229 e. The van der Waals surface area contributed by atoms with E-state index in [1.165, 1.54) is 5.56 Å². The van der Waals surface area contributed by atoms with Crippen LogP contribution in [-0.4, -0.2) is 64.7 Å². The molecule has 1 N–H and O–H groups in total. The van der Waals surface area contributed by atoms with E-state index in [-0.39, 0.29) is 17.7 Å². The molecule has 0 spiro atoms. The molecule has 0 saturated carbocycles. The molecule has 5 heterocycles. The van der Waals surface area contributed by atoms with Gasteiger partial charge in [-0.3, -0.25) is 4.79 Å². The van der Waals surface area contributed by atoms with Gasteiger partial charge in [-0.1, -0.05) is 6.08 Å². The standard InChI is InChI=1S/C25H31FN6O/c26-20-3-1-2-18(14-20)17-7-12-30(13-8-17)25(33)19-15-31(16-19)24-21-4-9-27-10-5-22(21)29-23-6-11-28-32(23)24/h2,6,11,14,17,19,27H,1,3-5,7-10,12-13,15-16H2. The van der Waals surface area contributed by atoms with E-state index < -0.39 is 0 Å². The molecule has 4 aliphatic rings. The normalized spacial score (nSPS) is 22.5. The molecule has 0 bridgehead atoms. The Morgan fingerprint density at radius 3 is 2.76 bits per heavy atom. The molecule has 3 aliphatic heterocycles. The third kappa shape index (κ3) is 3.84. The first-order valence-corrected chi connectivity index (χ1v) is 12.3. The minimum absolute atomic E-state index is 0.00311. The summed E-state index contributed by atoms with van der Waals surface area (Å²) in [6, 6.07) is 1.96. The fourth-order valence-electron chi connectivity index (χ4n) is 5.81. The summed E-state index contributed by atoms with van der Waals surface area (Å²) in [5, 5.41) is 8.00. The summed E-state index contributed by atoms with van der Waals surface area (Å²) in [6.07, 6.45) is 10.7. The first-order valence-electron chi connectivity index (χ1n) is 12.3. The zero-order chi connectivity index (χ0) is 22.4. The molecule has 0 radical (unpaired) electrons. The second-order valence-corrected chi connectivity index (χ2v) is 9.75. The van der Waals surface area contributed by atoms with Gasteiger partial charge in [0.15, 0.2) is 5.65 Å². The number of hydrogen-bond acceptors (Lipinski definition) is 5. The van der Waals surface area contributed by atoms with E-state index in [1.54, 1.807) is 12.3 Å². The molecule has 174 valence electrons. The largest absolute Gasteiger partial charge is 0.354 e. The van der Waals surface area contributed by atoms with Crippen molar-refractivity contribution in [2.75, 3.05) is 44.2 Å². The first-order chi connectivity index (χ1) is 16.2. The van der Waals surface area contributed by atoms with Crippen LogP contribution in [0.25, 0.3) is 5.65 Å². The Morgan fingerprint density at radius 1 is 1.12 bits per heavy atom. The summed E-state index contributed by atoms with van der Waals surface area (Å²) >= 11 is 0. The van der Waals surface area contributed by atoms with Crippen molar-refractivity contribution in [3.05, 3.63) is 47.1 Å². The van der Waals surface area contributed by atoms with E-state index in [1.807, 2.05) is 15.5 Å². The van der Waals surface area contributed by atoms with Crippen molar-refractivity contribution in [2.45, 2.75) is 38.5 Å². The first kappa shape index (κ1) is 20.8. The molecule has 0 atom stereocenters. The molecule has 1 aliphatic carbocycles. The Labute approximate surface area is 193 Å². The van der Waals surface area contributed by atoms with E-state index in [0.29, 0.717) is 12.3 Å². The highest BCUT2D eigenvalue weighted by Gasteiger charge is 2.39. The van der Waals surface area contributed by atoms with Gasteiger partial charge in [0.1, 0.15) is 11.6 Å². The van der Waals surface area contributed by atoms with Gasteiger partial charge in [-0.15, -0.1) is 0 Å². The average molecular weight is 451 g/mol. The average Bonchev–Trinajstić information content (AvgIpc) is 3.14. The summed E-state index contributed by atoms with van der Waals surface area (Å²) in [7, 11) is 0. The number of carbonyl (C=O) groups excluding carboxylic acids is 1. The predicted molar refractivity (Wildman–Crippen MR) is 125 cm³/mol. The number of halogens is 1. The number of carbonyl (C=O) groups is 1. The topological polar surface area (TPSA) is 65.8 Å². The number of nitrogens with one attached hydrogen (secondary N) is 1. The van der Waals surface area contributed by atoms with Crippen LogP contribution in [0.3, 0.4) is 0 Å². The van der Waals surface area contributed by atoms with Crippen LogP contribution in [0.1, 0.15) is 36.9 Å². The van der Waals surface area contributed by atoms with Gasteiger partial charge in [0.05, 0.1) is 17.8 Å². The molecule has 0 unspecified atom stereocenters. The summed E-state index contributed by atoms with van der Waals surface area (Å²) in [6.45, 7) is 4.89. The van der Waals surface area contributed by atoms with Crippen molar-refractivity contribution < 1.29 is 9.18 Å². The molecule has 7 nitrogen and oxygen atoms in total. The van der Waals surface area contributed by atoms with Gasteiger partial charge in [0.25, 0.3) is 0 Å². The van der Waals surface area contributed by atoms with Crippen LogP contribution in [0.4, 0.5) is 10.2 Å². The highest BCUT2D eigenvalue weighted by molar-refractivity contribution is 5.82. The maximum atomic E-state index is 13.7. The number of allylic oxidation sites excluding steroid dienone is 4. The van der Waals surface area contributed by atoms with Crippen molar-refractivity contribution in [3.8, 4) is 0 Å². The molecule has 2 saturated heterocycles. The van der Waals surface area contributed by atoms with Crippen LogP contribution in [0.5, 0.6) is 0 Å². The summed E-state index contributed by atoms with van der Waals surface area (Å²) < 4.78 is 15.6. The molecular formula is C25H31FN6O. The highest BCUT2D eigenvalue weighted by atomic mass is 19.1. The number of rotatable bonds is 3. The summed E-state index contributed by atoms with van der Waals surface area (Å²) in [5.41, 5.74) is 4.44. The number of amides is 1. The van der Waals surface area contributed by atoms with Crippen molar-refractivity contribution in [1.82, 2.24) is 24.8 Å². The number of anilines is 1. The Kier molecular flexibility index (Phi) is 5.40. The van der Waals surface area contributed by atoms with Gasteiger partial charge in [-0.25, -0.2) is 9.37 Å². The van der Waals surface area contributed by atoms with Crippen LogP contribution < -0.4 is 10.2 Å². The van der Waals surface area contributed by atoms with Gasteiger partial charge in [0.2, 0.25) is 5.91 Å². The lowest BCUT2D eigenvalue weighted by atomic mass is 9.85. The van der Waals surface area contributed by atoms with Crippen LogP contribution in [-0.2, 0) is 17.6 Å². The third-order valence-electron chi connectivity index (χ3n) is 7.68. The lowest BCUT2D eigenvalue weighted by Gasteiger charge is -2.44. The monoisotopic (exact) mass is 450 g/mol. The minimum atomic E-state index is -0.00311. The van der Waals surface area contributed by atoms with Gasteiger partial charge >= 0.3 is 0 Å². The minimum Gasteiger partial charge on any atom is -0.354 e. The van der Waals surface area contributed by atoms with E-state index in [2.05, 4.69) is 21.4 Å². The van der Waals surface area contributed by atoms with Crippen molar-refractivity contribution in [1.29, 1.82) is 0 Å². The Balaban J connectivity index is 1.12. The van der Waals surface area contributed by atoms with Crippen LogP contribution in [0.2, 0.25) is 0 Å². The Morgan fingerprint density at radius 2 is 1.94 bits per heavy atom. The molecule has 2 aromatic heterocycles. The number of likely N-dealkylation sites (tertiary alicyclic amines) is 1. The quantitative estimate of drug-likeness (QED) is 0.779. The van der Waals surface area contributed by atoms with Crippen molar-refractivity contribution in [2.24, 2.45) is 11.8 Å². The lowest BCUT2D eigenvalue weighted by molar-refractivity contribution is -0.137. The number of piperidine rings is 1. The summed E-state index contributed by atoms with van der Waals surface area (Å²) in [4.78, 5) is 22.4. The lowest BCUT2D eigenvalue weighted by Crippen LogP contribution is -2.56. The van der Waals surface area contributed by atoms with Gasteiger partial charge in [-0.05, 0) is 49.8 Å². The number of fused-ring (bicyclic) bond motifs is 2. The second kappa shape index (κ2) is 8.56.